The molecule has 0 atom stereocenters. The van der Waals surface area contributed by atoms with E-state index in [2.05, 4.69) is 12.2 Å². The van der Waals surface area contributed by atoms with Gasteiger partial charge in [0, 0.05) is 0 Å². The van der Waals surface area contributed by atoms with Gasteiger partial charge in [0.15, 0.2) is 0 Å². The van der Waals surface area contributed by atoms with Gasteiger partial charge < -0.3 is 5.73 Å². The van der Waals surface area contributed by atoms with Crippen LogP contribution in [0.1, 0.15) is 0 Å². The quantitative estimate of drug-likeness (QED) is 0.339. The lowest BCUT2D eigenvalue weighted by molar-refractivity contribution is 1.91. The third-order valence-electron chi connectivity index (χ3n) is 0.201. The van der Waals surface area contributed by atoms with E-state index in [4.69, 9.17) is 5.73 Å². The molecule has 1 nitrogen and oxygen atoms in total. The molecule has 4 heteroatoms. The molecule has 0 spiro atoms. The summed E-state index contributed by atoms with van der Waals surface area (Å²) >= 11 is 6.00. The molecule has 0 saturated heterocycles. The Labute approximate surface area is 43.4 Å². The van der Waals surface area contributed by atoms with Gasteiger partial charge in [-0.2, -0.15) is 0 Å². The normalized spacial score (nSPS) is 8.00. The largest absolute Gasteiger partial charge is 0.385 e. The molecule has 0 saturated carbocycles. The van der Waals surface area contributed by atoms with Crippen molar-refractivity contribution in [2.45, 2.75) is 0 Å². The van der Waals surface area contributed by atoms with E-state index < -0.39 is 0 Å². The van der Waals surface area contributed by atoms with Crippen molar-refractivity contribution in [1.82, 2.24) is 0 Å². The molecular formula is CH5NS2Si. The Balaban J connectivity index is 2.85. The number of hydrogen-bond acceptors (Lipinski definition) is 2. The average molecular weight is 123 g/mol. The van der Waals surface area contributed by atoms with Crippen molar-refractivity contribution in [1.29, 1.82) is 0 Å². The molecule has 0 unspecified atom stereocenters. The summed E-state index contributed by atoms with van der Waals surface area (Å²) in [5.74, 6) is 0. The zero-order valence-corrected chi connectivity index (χ0v) is 6.53. The number of nitrogens with two attached hydrogens (primary N) is 1. The Morgan fingerprint density at radius 1 is 2.00 bits per heavy atom. The van der Waals surface area contributed by atoms with Crippen molar-refractivity contribution in [2.24, 2.45) is 5.73 Å². The molecule has 2 N–H and O–H groups in total. The Bertz CT molecular complexity index is 44.9. The summed E-state index contributed by atoms with van der Waals surface area (Å²) in [6, 6.07) is 0. The maximum atomic E-state index is 5.02. The van der Waals surface area contributed by atoms with Crippen LogP contribution in [0.4, 0.5) is 0 Å². The first kappa shape index (κ1) is 5.46. The van der Waals surface area contributed by atoms with Gasteiger partial charge >= 0.3 is 0 Å². The summed E-state index contributed by atoms with van der Waals surface area (Å²) in [7, 11) is 1.02. The highest BCUT2D eigenvalue weighted by atomic mass is 32.4. The monoisotopic (exact) mass is 123 g/mol. The van der Waals surface area contributed by atoms with Crippen LogP contribution in [0.15, 0.2) is 0 Å². The zero-order valence-electron chi connectivity index (χ0n) is 2.89. The standard InChI is InChI=1S/CH5NS2Si/c2-1(3)4-5/h5H3,(H2,2,3). The minimum atomic E-state index is 0.566. The van der Waals surface area contributed by atoms with Gasteiger partial charge in [0.05, 0.1) is 9.39 Å². The van der Waals surface area contributed by atoms with Gasteiger partial charge in [0.1, 0.15) is 4.32 Å². The molecule has 0 aliphatic heterocycles. The first-order valence-electron chi connectivity index (χ1n) is 1.11. The minimum Gasteiger partial charge on any atom is -0.385 e. The van der Waals surface area contributed by atoms with Crippen LogP contribution in [0.5, 0.6) is 0 Å². The van der Waals surface area contributed by atoms with E-state index in [0.717, 1.165) is 9.39 Å². The molecule has 0 aromatic heterocycles. The first-order valence-corrected chi connectivity index (χ1v) is 5.19. The van der Waals surface area contributed by atoms with Crippen LogP contribution in [0.2, 0.25) is 0 Å². The van der Waals surface area contributed by atoms with Gasteiger partial charge in [0.2, 0.25) is 0 Å². The van der Waals surface area contributed by atoms with Crippen molar-refractivity contribution in [3.8, 4) is 0 Å². The summed E-state index contributed by atoms with van der Waals surface area (Å²) in [5.41, 5.74) is 5.02. The van der Waals surface area contributed by atoms with Crippen LogP contribution in [-0.4, -0.2) is 13.7 Å². The molecule has 0 aliphatic rings. The third-order valence-corrected chi connectivity index (χ3v) is 3.31. The first-order chi connectivity index (χ1) is 2.27. The Hall–Kier alpha value is 0.457. The predicted molar refractivity (Wildman–Crippen MR) is 34.3 cm³/mol. The summed E-state index contributed by atoms with van der Waals surface area (Å²) < 4.78 is 0.566. The van der Waals surface area contributed by atoms with Crippen LogP contribution in [0, 0.1) is 0 Å². The molecular weight excluding hydrogens is 118 g/mol. The van der Waals surface area contributed by atoms with Crippen LogP contribution < -0.4 is 5.73 Å². The Morgan fingerprint density at radius 3 is 2.20 bits per heavy atom. The van der Waals surface area contributed by atoms with Gasteiger partial charge in [-0.3, -0.25) is 0 Å². The third kappa shape index (κ3) is 4.46. The van der Waals surface area contributed by atoms with Crippen molar-refractivity contribution in [3.05, 3.63) is 0 Å². The van der Waals surface area contributed by atoms with E-state index in [1.807, 2.05) is 0 Å². The Morgan fingerprint density at radius 2 is 2.20 bits per heavy atom. The van der Waals surface area contributed by atoms with Gasteiger partial charge in [-0.25, -0.2) is 0 Å². The second-order valence-corrected chi connectivity index (χ2v) is 3.29. The summed E-state index contributed by atoms with van der Waals surface area (Å²) in [4.78, 5) is 0. The topological polar surface area (TPSA) is 26.0 Å². The van der Waals surface area contributed by atoms with Crippen LogP contribution in [0.25, 0.3) is 0 Å². The van der Waals surface area contributed by atoms with Gasteiger partial charge in [-0.1, -0.05) is 12.2 Å². The second kappa shape index (κ2) is 2.68. The van der Waals surface area contributed by atoms with E-state index in [1.54, 1.807) is 0 Å². The van der Waals surface area contributed by atoms with Crippen molar-refractivity contribution >= 4 is 37.1 Å². The van der Waals surface area contributed by atoms with Gasteiger partial charge in [-0.15, -0.1) is 11.2 Å². The van der Waals surface area contributed by atoms with Crippen LogP contribution >= 0.6 is 23.4 Å². The van der Waals surface area contributed by atoms with E-state index in [0.29, 0.717) is 4.32 Å². The van der Waals surface area contributed by atoms with E-state index in [1.165, 1.54) is 11.2 Å². The molecule has 0 heterocycles. The highest BCUT2D eigenvalue weighted by Gasteiger charge is 1.71. The number of hydrogen-bond donors (Lipinski definition) is 1. The summed E-state index contributed by atoms with van der Waals surface area (Å²) in [6.07, 6.45) is 0. The SMILES string of the molecule is NC(=S)S[SiH3]. The molecule has 5 heavy (non-hydrogen) atoms. The van der Waals surface area contributed by atoms with Crippen molar-refractivity contribution < 1.29 is 0 Å². The molecule has 0 aliphatic carbocycles. The highest BCUT2D eigenvalue weighted by Crippen LogP contribution is 1.84. The molecule has 0 radical (unpaired) electrons. The molecule has 0 aromatic carbocycles. The molecule has 0 aromatic rings. The fourth-order valence-corrected chi connectivity index (χ4v) is 0. The molecule has 0 bridgehead atoms. The lowest BCUT2D eigenvalue weighted by Gasteiger charge is -1.78. The Kier molecular flexibility index (Phi) is 2.93. The zero-order chi connectivity index (χ0) is 4.28. The molecule has 30 valence electrons. The molecule has 0 amide bonds. The van der Waals surface area contributed by atoms with Crippen molar-refractivity contribution in [3.63, 3.8) is 0 Å². The van der Waals surface area contributed by atoms with Crippen molar-refractivity contribution in [2.75, 3.05) is 0 Å². The molecule has 0 fully saturated rings. The number of rotatable bonds is 0. The van der Waals surface area contributed by atoms with Gasteiger partial charge in [-0.05, 0) is 0 Å². The fourth-order valence-electron chi connectivity index (χ4n) is 0. The minimum absolute atomic E-state index is 0.566. The average Bonchev–Trinajstić information content (AvgIpc) is 1.38. The molecule has 0 rings (SSSR count). The predicted octanol–water partition coefficient (Wildman–Crippen LogP) is -0.756. The lowest BCUT2D eigenvalue weighted by atomic mass is 11.5. The summed E-state index contributed by atoms with van der Waals surface area (Å²) in [6.45, 7) is 0. The van der Waals surface area contributed by atoms with E-state index in [-0.39, 0.29) is 0 Å². The second-order valence-electron chi connectivity index (χ2n) is 0.523. The highest BCUT2D eigenvalue weighted by molar-refractivity contribution is 8.37. The van der Waals surface area contributed by atoms with E-state index >= 15 is 0 Å². The van der Waals surface area contributed by atoms with Crippen LogP contribution in [0.3, 0.4) is 0 Å². The van der Waals surface area contributed by atoms with Gasteiger partial charge in [0.25, 0.3) is 0 Å². The maximum Gasteiger partial charge on any atom is 0.124 e. The summed E-state index contributed by atoms with van der Waals surface area (Å²) in [5, 5.41) is 0. The van der Waals surface area contributed by atoms with Crippen LogP contribution in [-0.2, 0) is 0 Å². The fraction of sp³-hybridized carbons (Fsp3) is 0. The lowest BCUT2D eigenvalue weighted by Crippen LogP contribution is -1.99. The maximum absolute atomic E-state index is 5.02. The van der Waals surface area contributed by atoms with E-state index in [9.17, 15) is 0 Å². The number of thiocarbonyl (C=S) groups is 1. The smallest absolute Gasteiger partial charge is 0.124 e.